The fourth-order valence-corrected chi connectivity index (χ4v) is 2.43. The molecule has 132 valence electrons. The van der Waals surface area contributed by atoms with Gasteiger partial charge in [-0.05, 0) is 43.7 Å². The van der Waals surface area contributed by atoms with Gasteiger partial charge in [0.25, 0.3) is 5.91 Å². The van der Waals surface area contributed by atoms with E-state index in [-0.39, 0.29) is 24.3 Å². The fraction of sp³-hybridized carbons (Fsp3) is 0.263. The molecule has 25 heavy (non-hydrogen) atoms. The average Bonchev–Trinajstić information content (AvgIpc) is 2.60. The van der Waals surface area contributed by atoms with Crippen LogP contribution >= 0.6 is 11.6 Å². The third kappa shape index (κ3) is 5.22. The molecule has 5 nitrogen and oxygen atoms in total. The Morgan fingerprint density at radius 2 is 1.84 bits per heavy atom. The first-order valence-electron chi connectivity index (χ1n) is 7.77. The fourth-order valence-electron chi connectivity index (χ4n) is 2.30. The van der Waals surface area contributed by atoms with Crippen molar-refractivity contribution in [2.24, 2.45) is 0 Å². The van der Waals surface area contributed by atoms with E-state index in [0.717, 1.165) is 5.56 Å². The Kier molecular flexibility index (Phi) is 6.42. The summed E-state index contributed by atoms with van der Waals surface area (Å²) in [5.41, 5.74) is 1.34. The molecule has 0 aliphatic rings. The van der Waals surface area contributed by atoms with Crippen LogP contribution in [0.4, 0.5) is 0 Å². The van der Waals surface area contributed by atoms with Crippen LogP contribution in [-0.4, -0.2) is 25.4 Å². The molecule has 2 rings (SSSR count). The van der Waals surface area contributed by atoms with Crippen LogP contribution in [0.2, 0.25) is 5.02 Å². The predicted molar refractivity (Wildman–Crippen MR) is 96.5 cm³/mol. The summed E-state index contributed by atoms with van der Waals surface area (Å²) in [6, 6.07) is 11.9. The Balaban J connectivity index is 1.99. The first-order valence-corrected chi connectivity index (χ1v) is 8.15. The van der Waals surface area contributed by atoms with Gasteiger partial charge >= 0.3 is 0 Å². The zero-order valence-corrected chi connectivity index (χ0v) is 15.1. The number of Topliss-reactive ketones (excluding diaryl/α,β-unsaturated/α-hetero) is 1. The lowest BCUT2D eigenvalue weighted by Crippen LogP contribution is -2.31. The molecule has 6 heteroatoms. The highest BCUT2D eigenvalue weighted by molar-refractivity contribution is 6.30. The van der Waals surface area contributed by atoms with Crippen molar-refractivity contribution in [3.05, 3.63) is 58.6 Å². The van der Waals surface area contributed by atoms with Crippen molar-refractivity contribution < 1.29 is 19.1 Å². The van der Waals surface area contributed by atoms with Crippen molar-refractivity contribution in [3.63, 3.8) is 0 Å². The maximum Gasteiger partial charge on any atom is 0.258 e. The number of rotatable bonds is 7. The normalized spacial score (nSPS) is 11.5. The Morgan fingerprint density at radius 3 is 2.44 bits per heavy atom. The third-order valence-electron chi connectivity index (χ3n) is 3.67. The van der Waals surface area contributed by atoms with Gasteiger partial charge in [-0.2, -0.15) is 0 Å². The van der Waals surface area contributed by atoms with Crippen LogP contribution in [0.15, 0.2) is 42.5 Å². The summed E-state index contributed by atoms with van der Waals surface area (Å²) in [5.74, 6) is 0.434. The number of halogens is 1. The van der Waals surface area contributed by atoms with Gasteiger partial charge in [0, 0.05) is 11.1 Å². The number of carbonyl (C=O) groups excluding carboxylic acids is 2. The largest absolute Gasteiger partial charge is 0.497 e. The number of ether oxygens (including phenoxy) is 2. The lowest BCUT2D eigenvalue weighted by Gasteiger charge is -2.16. The molecule has 0 aliphatic carbocycles. The van der Waals surface area contributed by atoms with Crippen molar-refractivity contribution >= 4 is 23.3 Å². The molecular formula is C19H20ClNO4. The molecular weight excluding hydrogens is 342 g/mol. The van der Waals surface area contributed by atoms with E-state index in [1.54, 1.807) is 30.3 Å². The van der Waals surface area contributed by atoms with E-state index in [4.69, 9.17) is 21.1 Å². The van der Waals surface area contributed by atoms with Gasteiger partial charge < -0.3 is 14.8 Å². The Morgan fingerprint density at radius 1 is 1.16 bits per heavy atom. The summed E-state index contributed by atoms with van der Waals surface area (Å²) in [7, 11) is 1.52. The SMILES string of the molecule is COc1ccc(C(C)=O)c(OCC(=O)NC(C)c2ccc(Cl)cc2)c1. The van der Waals surface area contributed by atoms with Gasteiger partial charge in [0.2, 0.25) is 0 Å². The quantitative estimate of drug-likeness (QED) is 0.762. The maximum atomic E-state index is 12.1. The molecule has 0 spiro atoms. The van der Waals surface area contributed by atoms with Crippen LogP contribution in [0, 0.1) is 0 Å². The van der Waals surface area contributed by atoms with Crippen molar-refractivity contribution in [3.8, 4) is 11.5 Å². The second-order valence-corrected chi connectivity index (χ2v) is 5.98. The lowest BCUT2D eigenvalue weighted by atomic mass is 10.1. The molecule has 0 saturated carbocycles. The zero-order chi connectivity index (χ0) is 18.4. The molecule has 0 aromatic heterocycles. The van der Waals surface area contributed by atoms with E-state index >= 15 is 0 Å². The molecule has 0 bridgehead atoms. The summed E-state index contributed by atoms with van der Waals surface area (Å²) in [6.45, 7) is 3.11. The third-order valence-corrected chi connectivity index (χ3v) is 3.93. The molecule has 1 N–H and O–H groups in total. The van der Waals surface area contributed by atoms with E-state index < -0.39 is 0 Å². The smallest absolute Gasteiger partial charge is 0.258 e. The molecule has 0 radical (unpaired) electrons. The summed E-state index contributed by atoms with van der Waals surface area (Å²) < 4.78 is 10.7. The summed E-state index contributed by atoms with van der Waals surface area (Å²) in [4.78, 5) is 23.8. The lowest BCUT2D eigenvalue weighted by molar-refractivity contribution is -0.123. The molecule has 1 atom stereocenters. The monoisotopic (exact) mass is 361 g/mol. The van der Waals surface area contributed by atoms with E-state index in [9.17, 15) is 9.59 Å². The average molecular weight is 362 g/mol. The van der Waals surface area contributed by atoms with Gasteiger partial charge in [0.1, 0.15) is 11.5 Å². The van der Waals surface area contributed by atoms with Crippen LogP contribution in [0.5, 0.6) is 11.5 Å². The number of benzene rings is 2. The van der Waals surface area contributed by atoms with Crippen LogP contribution in [0.25, 0.3) is 0 Å². The van der Waals surface area contributed by atoms with E-state index in [2.05, 4.69) is 5.32 Å². The highest BCUT2D eigenvalue weighted by Crippen LogP contribution is 2.25. The standard InChI is InChI=1S/C19H20ClNO4/c1-12(14-4-6-15(20)7-5-14)21-19(23)11-25-18-10-16(24-3)8-9-17(18)13(2)22/h4-10,12H,11H2,1-3H3,(H,21,23). The Labute approximate surface area is 151 Å². The van der Waals surface area contributed by atoms with Crippen molar-refractivity contribution in [2.75, 3.05) is 13.7 Å². The summed E-state index contributed by atoms with van der Waals surface area (Å²) in [6.07, 6.45) is 0. The number of nitrogens with one attached hydrogen (secondary N) is 1. The molecule has 0 aliphatic heterocycles. The minimum absolute atomic E-state index is 0.146. The summed E-state index contributed by atoms with van der Waals surface area (Å²) >= 11 is 5.86. The number of amides is 1. The highest BCUT2D eigenvalue weighted by Gasteiger charge is 2.14. The van der Waals surface area contributed by atoms with Gasteiger partial charge in [-0.1, -0.05) is 23.7 Å². The second kappa shape index (κ2) is 8.53. The first kappa shape index (κ1) is 18.8. The van der Waals surface area contributed by atoms with Gasteiger partial charge in [-0.3, -0.25) is 9.59 Å². The second-order valence-electron chi connectivity index (χ2n) is 5.55. The highest BCUT2D eigenvalue weighted by atomic mass is 35.5. The number of hydrogen-bond donors (Lipinski definition) is 1. The van der Waals surface area contributed by atoms with Crippen LogP contribution in [0.3, 0.4) is 0 Å². The molecule has 0 saturated heterocycles. The number of ketones is 1. The molecule has 0 fully saturated rings. The van der Waals surface area contributed by atoms with Crippen LogP contribution in [0.1, 0.15) is 35.8 Å². The van der Waals surface area contributed by atoms with E-state index in [1.807, 2.05) is 19.1 Å². The molecule has 0 heterocycles. The number of methoxy groups -OCH3 is 1. The van der Waals surface area contributed by atoms with Gasteiger partial charge in [0.05, 0.1) is 18.7 Å². The molecule has 1 unspecified atom stereocenters. The molecule has 1 amide bonds. The minimum atomic E-state index is -0.292. The van der Waals surface area contributed by atoms with E-state index in [1.165, 1.54) is 14.0 Å². The number of carbonyl (C=O) groups is 2. The zero-order valence-electron chi connectivity index (χ0n) is 14.3. The van der Waals surface area contributed by atoms with Gasteiger partial charge in [-0.25, -0.2) is 0 Å². The maximum absolute atomic E-state index is 12.1. The Hall–Kier alpha value is -2.53. The predicted octanol–water partition coefficient (Wildman–Crippen LogP) is 3.81. The van der Waals surface area contributed by atoms with Crippen LogP contribution < -0.4 is 14.8 Å². The minimum Gasteiger partial charge on any atom is -0.497 e. The Bertz CT molecular complexity index is 759. The van der Waals surface area contributed by atoms with E-state index in [0.29, 0.717) is 22.1 Å². The van der Waals surface area contributed by atoms with Crippen molar-refractivity contribution in [1.29, 1.82) is 0 Å². The molecule has 2 aromatic carbocycles. The van der Waals surface area contributed by atoms with Crippen molar-refractivity contribution in [1.82, 2.24) is 5.32 Å². The first-order chi connectivity index (χ1) is 11.9. The summed E-state index contributed by atoms with van der Waals surface area (Å²) in [5, 5.41) is 3.48. The van der Waals surface area contributed by atoms with Gasteiger partial charge in [0.15, 0.2) is 12.4 Å². The molecule has 2 aromatic rings. The van der Waals surface area contributed by atoms with Gasteiger partial charge in [-0.15, -0.1) is 0 Å². The van der Waals surface area contributed by atoms with Crippen LogP contribution in [-0.2, 0) is 4.79 Å². The topological polar surface area (TPSA) is 64.6 Å². The number of hydrogen-bond acceptors (Lipinski definition) is 4. The van der Waals surface area contributed by atoms with Crippen molar-refractivity contribution in [2.45, 2.75) is 19.9 Å².